The maximum absolute atomic E-state index is 13.2. The molecule has 1 aromatic heterocycles. The van der Waals surface area contributed by atoms with Gasteiger partial charge in [-0.3, -0.25) is 9.59 Å². The molecule has 1 amide bonds. The molecule has 2 saturated carbocycles. The van der Waals surface area contributed by atoms with Crippen molar-refractivity contribution in [3.8, 4) is 22.9 Å². The number of primary amides is 1. The van der Waals surface area contributed by atoms with E-state index >= 15 is 0 Å². The third kappa shape index (κ3) is 5.63. The number of ether oxygens (including phenoxy) is 1. The van der Waals surface area contributed by atoms with Gasteiger partial charge in [0.25, 0.3) is 5.91 Å². The van der Waals surface area contributed by atoms with E-state index in [0.717, 1.165) is 31.2 Å². The lowest BCUT2D eigenvalue weighted by molar-refractivity contribution is -0.118. The molecule has 3 aromatic rings. The lowest BCUT2D eigenvalue weighted by atomic mass is 10.1. The van der Waals surface area contributed by atoms with Crippen LogP contribution in [0.3, 0.4) is 0 Å². The molecule has 2 aliphatic rings. The fourth-order valence-electron chi connectivity index (χ4n) is 4.09. The van der Waals surface area contributed by atoms with Crippen LogP contribution in [0.5, 0.6) is 11.5 Å². The van der Waals surface area contributed by atoms with Crippen LogP contribution in [0.2, 0.25) is 0 Å². The largest absolute Gasteiger partial charge is 0.457 e. The minimum absolute atomic E-state index is 0.0655. The number of aromatic nitrogens is 2. The number of benzene rings is 2. The lowest BCUT2D eigenvalue weighted by Gasteiger charge is -2.16. The molecule has 0 unspecified atom stereocenters. The predicted octanol–water partition coefficient (Wildman–Crippen LogP) is 3.96. The third-order valence-electron chi connectivity index (χ3n) is 6.13. The summed E-state index contributed by atoms with van der Waals surface area (Å²) in [5.74, 6) is 0.920. The van der Waals surface area contributed by atoms with E-state index in [1.54, 1.807) is 18.2 Å². The maximum Gasteiger partial charge on any atom is 0.267 e. The van der Waals surface area contributed by atoms with Crippen LogP contribution < -0.4 is 21.1 Å². The highest BCUT2D eigenvalue weighted by atomic mass is 19.1. The quantitative estimate of drug-likeness (QED) is 0.429. The van der Waals surface area contributed by atoms with Crippen molar-refractivity contribution in [1.82, 2.24) is 15.3 Å². The van der Waals surface area contributed by atoms with Crippen molar-refractivity contribution >= 4 is 17.5 Å². The van der Waals surface area contributed by atoms with Crippen LogP contribution >= 0.6 is 0 Å². The van der Waals surface area contributed by atoms with Gasteiger partial charge in [0.05, 0.1) is 6.04 Å². The van der Waals surface area contributed by atoms with Gasteiger partial charge in [0.1, 0.15) is 28.8 Å². The number of nitrogens with two attached hydrogens (primary N) is 1. The summed E-state index contributed by atoms with van der Waals surface area (Å²) in [7, 11) is 0. The van der Waals surface area contributed by atoms with Gasteiger partial charge in [-0.2, -0.15) is 0 Å². The number of Topliss-reactive ketones (excluding diaryl/α,β-unsaturated/α-hetero) is 1. The SMILES string of the molecule is NC(=O)c1cc(N[C@H]2CCCC2=O)nc(-c2ccc(Oc3ccc(F)cc3)cc2CNC2CC2)n1. The Morgan fingerprint density at radius 3 is 2.51 bits per heavy atom. The fourth-order valence-corrected chi connectivity index (χ4v) is 4.09. The number of nitrogens with one attached hydrogen (secondary N) is 2. The molecule has 2 aromatic carbocycles. The summed E-state index contributed by atoms with van der Waals surface area (Å²) in [4.78, 5) is 33.2. The highest BCUT2D eigenvalue weighted by Crippen LogP contribution is 2.31. The zero-order chi connectivity index (χ0) is 24.4. The minimum Gasteiger partial charge on any atom is -0.457 e. The summed E-state index contributed by atoms with van der Waals surface area (Å²) >= 11 is 0. The zero-order valence-electron chi connectivity index (χ0n) is 19.1. The van der Waals surface area contributed by atoms with Crippen LogP contribution in [0.25, 0.3) is 11.4 Å². The first-order valence-corrected chi connectivity index (χ1v) is 11.7. The van der Waals surface area contributed by atoms with Gasteiger partial charge >= 0.3 is 0 Å². The molecule has 4 N–H and O–H groups in total. The maximum atomic E-state index is 13.2. The van der Waals surface area contributed by atoms with Crippen molar-refractivity contribution in [2.45, 2.75) is 50.7 Å². The van der Waals surface area contributed by atoms with E-state index in [-0.39, 0.29) is 23.3 Å². The third-order valence-corrected chi connectivity index (χ3v) is 6.13. The highest BCUT2D eigenvalue weighted by Gasteiger charge is 2.26. The number of carbonyl (C=O) groups is 2. The molecular formula is C26H26FN5O3. The van der Waals surface area contributed by atoms with Crippen LogP contribution in [0.4, 0.5) is 10.2 Å². The molecule has 1 atom stereocenters. The van der Waals surface area contributed by atoms with Crippen LogP contribution in [-0.2, 0) is 11.3 Å². The second-order valence-electron chi connectivity index (χ2n) is 8.91. The number of halogens is 1. The number of nitrogens with zero attached hydrogens (tertiary/aromatic N) is 2. The van der Waals surface area contributed by atoms with Crippen molar-refractivity contribution in [3.63, 3.8) is 0 Å². The number of ketones is 1. The number of rotatable bonds is 9. The summed E-state index contributed by atoms with van der Waals surface area (Å²) < 4.78 is 19.2. The second kappa shape index (κ2) is 9.79. The zero-order valence-corrected chi connectivity index (χ0v) is 19.1. The Morgan fingerprint density at radius 1 is 1.06 bits per heavy atom. The topological polar surface area (TPSA) is 119 Å². The van der Waals surface area contributed by atoms with Gasteiger partial charge in [0.2, 0.25) is 0 Å². The summed E-state index contributed by atoms with van der Waals surface area (Å²) in [6.45, 7) is 0.550. The summed E-state index contributed by atoms with van der Waals surface area (Å²) in [5.41, 5.74) is 7.21. The number of hydrogen-bond donors (Lipinski definition) is 3. The molecule has 5 rings (SSSR count). The van der Waals surface area contributed by atoms with Crippen molar-refractivity contribution < 1.29 is 18.7 Å². The van der Waals surface area contributed by atoms with Gasteiger partial charge in [-0.05, 0) is 73.7 Å². The molecule has 0 radical (unpaired) electrons. The van der Waals surface area contributed by atoms with Crippen LogP contribution in [-0.4, -0.2) is 33.7 Å². The highest BCUT2D eigenvalue weighted by molar-refractivity contribution is 5.93. The molecule has 0 spiro atoms. The molecule has 35 heavy (non-hydrogen) atoms. The molecule has 0 saturated heterocycles. The van der Waals surface area contributed by atoms with E-state index in [0.29, 0.717) is 47.7 Å². The Bertz CT molecular complexity index is 1260. The van der Waals surface area contributed by atoms with E-state index < -0.39 is 5.91 Å². The van der Waals surface area contributed by atoms with Crippen molar-refractivity contribution in [2.75, 3.05) is 5.32 Å². The average Bonchev–Trinajstić information content (AvgIpc) is 3.60. The summed E-state index contributed by atoms with van der Waals surface area (Å²) in [6, 6.07) is 12.9. The molecule has 9 heteroatoms. The molecule has 0 bridgehead atoms. The first-order chi connectivity index (χ1) is 16.9. The van der Waals surface area contributed by atoms with Gasteiger partial charge in [0.15, 0.2) is 11.6 Å². The van der Waals surface area contributed by atoms with Gasteiger partial charge in [-0.25, -0.2) is 14.4 Å². The van der Waals surface area contributed by atoms with Gasteiger partial charge < -0.3 is 21.1 Å². The lowest BCUT2D eigenvalue weighted by Crippen LogP contribution is -2.25. The Morgan fingerprint density at radius 2 is 1.83 bits per heavy atom. The van der Waals surface area contributed by atoms with E-state index in [1.165, 1.54) is 18.2 Å². The van der Waals surface area contributed by atoms with E-state index in [9.17, 15) is 14.0 Å². The Balaban J connectivity index is 1.49. The van der Waals surface area contributed by atoms with Crippen LogP contribution in [0.1, 0.15) is 48.2 Å². The number of anilines is 1. The molecule has 2 aliphatic carbocycles. The van der Waals surface area contributed by atoms with Crippen molar-refractivity contribution in [3.05, 3.63) is 65.6 Å². The molecule has 2 fully saturated rings. The molecule has 8 nitrogen and oxygen atoms in total. The standard InChI is InChI=1S/C26H26FN5O3/c27-16-4-8-18(9-5-16)35-19-10-11-20(15(12-19)14-29-17-6-7-17)26-31-22(25(28)34)13-24(32-26)30-21-2-1-3-23(21)33/h4-5,8-13,17,21,29H,1-3,6-7,14H2,(H2,28,34)(H,30,31,32)/t21-/m0/s1. The smallest absolute Gasteiger partial charge is 0.267 e. The molecule has 1 heterocycles. The van der Waals surface area contributed by atoms with Gasteiger partial charge in [-0.1, -0.05) is 0 Å². The van der Waals surface area contributed by atoms with E-state index in [4.69, 9.17) is 10.5 Å². The molecule has 0 aliphatic heterocycles. The number of hydrogen-bond acceptors (Lipinski definition) is 7. The fraction of sp³-hybridized carbons (Fsp3) is 0.308. The molecule has 180 valence electrons. The second-order valence-corrected chi connectivity index (χ2v) is 8.91. The van der Waals surface area contributed by atoms with E-state index in [2.05, 4.69) is 20.6 Å². The van der Waals surface area contributed by atoms with Crippen molar-refractivity contribution in [2.24, 2.45) is 5.73 Å². The normalized spacial score (nSPS) is 17.4. The Labute approximate surface area is 202 Å². The monoisotopic (exact) mass is 475 g/mol. The number of carbonyl (C=O) groups excluding carboxylic acids is 2. The van der Waals surface area contributed by atoms with Crippen LogP contribution in [0.15, 0.2) is 48.5 Å². The van der Waals surface area contributed by atoms with E-state index in [1.807, 2.05) is 12.1 Å². The van der Waals surface area contributed by atoms with Crippen LogP contribution in [0, 0.1) is 5.82 Å². The minimum atomic E-state index is -0.677. The number of amides is 1. The van der Waals surface area contributed by atoms with Crippen molar-refractivity contribution in [1.29, 1.82) is 0 Å². The Hall–Kier alpha value is -3.85. The molecular weight excluding hydrogens is 449 g/mol. The predicted molar refractivity (Wildman–Crippen MR) is 129 cm³/mol. The summed E-state index contributed by atoms with van der Waals surface area (Å²) in [6.07, 6.45) is 4.32. The van der Waals surface area contributed by atoms with Gasteiger partial charge in [-0.15, -0.1) is 0 Å². The van der Waals surface area contributed by atoms with Gasteiger partial charge in [0, 0.05) is 30.6 Å². The summed E-state index contributed by atoms with van der Waals surface area (Å²) in [5, 5.41) is 6.63. The Kier molecular flexibility index (Phi) is 6.41. The average molecular weight is 476 g/mol. The first kappa shape index (κ1) is 22.9. The first-order valence-electron chi connectivity index (χ1n) is 11.7.